The zero-order valence-corrected chi connectivity index (χ0v) is 9.20. The lowest BCUT2D eigenvalue weighted by Crippen LogP contribution is -2.21. The first-order valence-corrected chi connectivity index (χ1v) is 5.01. The maximum Gasteiger partial charge on any atom is 0.270 e. The molecule has 18 heavy (non-hydrogen) atoms. The van der Waals surface area contributed by atoms with Crippen LogP contribution in [0.2, 0.25) is 0 Å². The largest absolute Gasteiger partial charge is 0.289 e. The van der Waals surface area contributed by atoms with Crippen LogP contribution < -0.4 is 5.49 Å². The van der Waals surface area contributed by atoms with Crippen molar-refractivity contribution in [3.05, 3.63) is 52.0 Å². The normalized spacial score (nSPS) is 10.0. The molecule has 0 fully saturated rings. The molecule has 7 heteroatoms. The van der Waals surface area contributed by atoms with Gasteiger partial charge in [-0.25, -0.2) is 4.68 Å². The van der Waals surface area contributed by atoms with Crippen molar-refractivity contribution in [2.75, 3.05) is 0 Å². The molecule has 0 bridgehead atoms. The van der Waals surface area contributed by atoms with Crippen LogP contribution in [0.1, 0.15) is 0 Å². The number of benzene rings is 1. The summed E-state index contributed by atoms with van der Waals surface area (Å²) in [5.41, 5.74) is 1.09. The summed E-state index contributed by atoms with van der Waals surface area (Å²) in [6, 6.07) is 9.12. The van der Waals surface area contributed by atoms with Gasteiger partial charge in [-0.15, -0.1) is 0 Å². The standard InChI is InChI=1S/C11H9N5O2/c12-7-15-11(13)5-4-10(14-15)8-2-1-3-9(6-8)16(17)18/h1-7,12-13H. The highest BCUT2D eigenvalue weighted by atomic mass is 16.6. The molecular weight excluding hydrogens is 234 g/mol. The summed E-state index contributed by atoms with van der Waals surface area (Å²) in [6.07, 6.45) is 0.906. The molecule has 2 aromatic rings. The van der Waals surface area contributed by atoms with Crippen molar-refractivity contribution in [1.82, 2.24) is 9.78 Å². The van der Waals surface area contributed by atoms with Gasteiger partial charge in [-0.2, -0.15) is 5.10 Å². The Morgan fingerprint density at radius 3 is 2.78 bits per heavy atom. The molecule has 0 aliphatic carbocycles. The molecule has 0 saturated carbocycles. The van der Waals surface area contributed by atoms with Crippen LogP contribution in [0, 0.1) is 20.9 Å². The van der Waals surface area contributed by atoms with Crippen molar-refractivity contribution in [3.8, 4) is 11.3 Å². The fraction of sp³-hybridized carbons (Fsp3) is 0. The molecule has 0 aliphatic heterocycles. The van der Waals surface area contributed by atoms with Crippen LogP contribution in [0.15, 0.2) is 36.4 Å². The fourth-order valence-corrected chi connectivity index (χ4v) is 1.47. The molecule has 0 saturated heterocycles. The molecule has 0 amide bonds. The number of hydrogen-bond donors (Lipinski definition) is 2. The first-order chi connectivity index (χ1) is 8.61. The van der Waals surface area contributed by atoms with E-state index in [9.17, 15) is 10.1 Å². The second-order valence-electron chi connectivity index (χ2n) is 3.48. The van der Waals surface area contributed by atoms with Crippen LogP contribution in [0.3, 0.4) is 0 Å². The zero-order chi connectivity index (χ0) is 13.1. The molecule has 90 valence electrons. The van der Waals surface area contributed by atoms with Gasteiger partial charge in [0.2, 0.25) is 0 Å². The van der Waals surface area contributed by atoms with E-state index in [1.807, 2.05) is 0 Å². The van der Waals surface area contributed by atoms with E-state index in [0.717, 1.165) is 11.0 Å². The van der Waals surface area contributed by atoms with Gasteiger partial charge in [0, 0.05) is 17.7 Å². The summed E-state index contributed by atoms with van der Waals surface area (Å²) in [7, 11) is 0. The van der Waals surface area contributed by atoms with Gasteiger partial charge in [-0.1, -0.05) is 12.1 Å². The minimum absolute atomic E-state index is 0.0225. The van der Waals surface area contributed by atoms with E-state index in [4.69, 9.17) is 10.8 Å². The quantitative estimate of drug-likeness (QED) is 0.368. The molecule has 1 heterocycles. The van der Waals surface area contributed by atoms with Crippen molar-refractivity contribution < 1.29 is 4.92 Å². The Morgan fingerprint density at radius 1 is 1.33 bits per heavy atom. The molecular formula is C11H9N5O2. The van der Waals surface area contributed by atoms with E-state index in [1.165, 1.54) is 18.2 Å². The van der Waals surface area contributed by atoms with Crippen LogP contribution >= 0.6 is 0 Å². The van der Waals surface area contributed by atoms with Gasteiger partial charge in [0.25, 0.3) is 5.69 Å². The Bertz CT molecular complexity index is 677. The maximum atomic E-state index is 10.7. The number of aromatic nitrogens is 2. The first-order valence-electron chi connectivity index (χ1n) is 5.01. The number of non-ortho nitro benzene ring substituents is 1. The third kappa shape index (κ3) is 2.14. The smallest absolute Gasteiger partial charge is 0.270 e. The molecule has 0 unspecified atom stereocenters. The minimum atomic E-state index is -0.479. The predicted octanol–water partition coefficient (Wildman–Crippen LogP) is 1.39. The lowest BCUT2D eigenvalue weighted by atomic mass is 10.1. The summed E-state index contributed by atoms with van der Waals surface area (Å²) in [6.45, 7) is 0. The van der Waals surface area contributed by atoms with E-state index in [1.54, 1.807) is 18.2 Å². The molecule has 0 atom stereocenters. The molecule has 1 aromatic carbocycles. The van der Waals surface area contributed by atoms with Crippen LogP contribution in [-0.4, -0.2) is 21.0 Å². The van der Waals surface area contributed by atoms with Gasteiger partial charge < -0.3 is 0 Å². The van der Waals surface area contributed by atoms with E-state index < -0.39 is 4.92 Å². The summed E-state index contributed by atoms with van der Waals surface area (Å²) < 4.78 is 1.08. The number of rotatable bonds is 3. The average molecular weight is 243 g/mol. The van der Waals surface area contributed by atoms with Crippen molar-refractivity contribution in [2.45, 2.75) is 0 Å². The average Bonchev–Trinajstić information content (AvgIpc) is 2.39. The molecule has 0 spiro atoms. The third-order valence-electron chi connectivity index (χ3n) is 2.34. The monoisotopic (exact) mass is 243 g/mol. The van der Waals surface area contributed by atoms with Crippen LogP contribution in [0.5, 0.6) is 0 Å². The first kappa shape index (κ1) is 11.6. The number of nitrogens with zero attached hydrogens (tertiary/aromatic N) is 3. The van der Waals surface area contributed by atoms with Crippen molar-refractivity contribution >= 4 is 12.0 Å². The predicted molar refractivity (Wildman–Crippen MR) is 64.4 cm³/mol. The Balaban J connectivity index is 2.55. The number of hydrogen-bond acceptors (Lipinski definition) is 5. The van der Waals surface area contributed by atoms with Gasteiger partial charge in [0.05, 0.1) is 10.6 Å². The Hall–Kier alpha value is -2.83. The van der Waals surface area contributed by atoms with E-state index in [2.05, 4.69) is 5.10 Å². The van der Waals surface area contributed by atoms with E-state index >= 15 is 0 Å². The van der Waals surface area contributed by atoms with Gasteiger partial charge >= 0.3 is 0 Å². The molecule has 2 N–H and O–H groups in total. The topological polar surface area (TPSA) is 109 Å². The number of nitro benzene ring substituents is 1. The minimum Gasteiger partial charge on any atom is -0.289 e. The lowest BCUT2D eigenvalue weighted by molar-refractivity contribution is -0.384. The van der Waals surface area contributed by atoms with Crippen LogP contribution in [0.4, 0.5) is 5.69 Å². The van der Waals surface area contributed by atoms with Gasteiger partial charge in [-0.3, -0.25) is 20.9 Å². The van der Waals surface area contributed by atoms with Gasteiger partial charge in [0.15, 0.2) is 0 Å². The second-order valence-corrected chi connectivity index (χ2v) is 3.48. The molecule has 0 aliphatic rings. The molecule has 0 radical (unpaired) electrons. The van der Waals surface area contributed by atoms with Crippen molar-refractivity contribution in [1.29, 1.82) is 10.8 Å². The Kier molecular flexibility index (Phi) is 2.96. The SMILES string of the molecule is N=Cn1nc(-c2cccc([N+](=O)[O-])c2)ccc1=N. The van der Waals surface area contributed by atoms with Gasteiger partial charge in [0.1, 0.15) is 11.8 Å². The zero-order valence-electron chi connectivity index (χ0n) is 9.20. The van der Waals surface area contributed by atoms with Crippen molar-refractivity contribution in [3.63, 3.8) is 0 Å². The highest BCUT2D eigenvalue weighted by Crippen LogP contribution is 2.20. The van der Waals surface area contributed by atoms with E-state index in [0.29, 0.717) is 11.3 Å². The second kappa shape index (κ2) is 4.58. The fourth-order valence-electron chi connectivity index (χ4n) is 1.47. The third-order valence-corrected chi connectivity index (χ3v) is 2.34. The Morgan fingerprint density at radius 2 is 2.11 bits per heavy atom. The molecule has 1 aromatic heterocycles. The van der Waals surface area contributed by atoms with Crippen LogP contribution in [0.25, 0.3) is 11.3 Å². The van der Waals surface area contributed by atoms with E-state index in [-0.39, 0.29) is 11.2 Å². The summed E-state index contributed by atoms with van der Waals surface area (Å²) >= 11 is 0. The summed E-state index contributed by atoms with van der Waals surface area (Å²) in [5.74, 6) is 0. The summed E-state index contributed by atoms with van der Waals surface area (Å²) in [4.78, 5) is 10.2. The number of nitro groups is 1. The van der Waals surface area contributed by atoms with Crippen molar-refractivity contribution in [2.24, 2.45) is 0 Å². The molecule has 7 nitrogen and oxygen atoms in total. The lowest BCUT2D eigenvalue weighted by Gasteiger charge is -2.03. The van der Waals surface area contributed by atoms with Gasteiger partial charge in [-0.05, 0) is 12.1 Å². The number of nitrogens with one attached hydrogen (secondary N) is 2. The highest BCUT2D eigenvalue weighted by Gasteiger charge is 2.08. The maximum absolute atomic E-state index is 10.7. The highest BCUT2D eigenvalue weighted by molar-refractivity contribution is 5.63. The Labute approximate surface area is 101 Å². The summed E-state index contributed by atoms with van der Waals surface area (Å²) in [5, 5.41) is 29.3. The van der Waals surface area contributed by atoms with Crippen LogP contribution in [-0.2, 0) is 0 Å². The molecule has 2 rings (SSSR count).